The molecule has 25 heavy (non-hydrogen) atoms. The third kappa shape index (κ3) is 4.09. The topological polar surface area (TPSA) is 58.5 Å². The smallest absolute Gasteiger partial charge is 0.191 e. The average molecular weight is 365 g/mol. The van der Waals surface area contributed by atoms with Crippen molar-refractivity contribution in [2.45, 2.75) is 57.6 Å². The zero-order chi connectivity index (χ0) is 17.7. The lowest BCUT2D eigenvalue weighted by molar-refractivity contribution is -0.125. The molecule has 0 radical (unpaired) electrons. The van der Waals surface area contributed by atoms with Crippen LogP contribution in [0.5, 0.6) is 0 Å². The second-order valence-corrected chi connectivity index (χ2v) is 7.44. The standard InChI is InChI=1S/C19H29ClN4O/c1-3-25-16-12-15(19(16)9-4-5-10-19)24-18(21-2)22-11-8-14-6-7-17(20)23-13-14/h6-7,13,15-16H,3-5,8-12H2,1-2H3,(H2,21,22,24). The molecule has 6 heteroatoms. The fraction of sp³-hybridized carbons (Fsp3) is 0.684. The number of halogens is 1. The van der Waals surface area contributed by atoms with E-state index in [1.807, 2.05) is 25.4 Å². The van der Waals surface area contributed by atoms with Gasteiger partial charge in [0.1, 0.15) is 5.15 Å². The van der Waals surface area contributed by atoms with Crippen molar-refractivity contribution in [1.29, 1.82) is 0 Å². The summed E-state index contributed by atoms with van der Waals surface area (Å²) in [5, 5.41) is 7.60. The van der Waals surface area contributed by atoms with Gasteiger partial charge in [-0.3, -0.25) is 4.99 Å². The van der Waals surface area contributed by atoms with Crippen LogP contribution in [-0.2, 0) is 11.2 Å². The first kappa shape index (κ1) is 18.5. The Bertz CT molecular complexity index is 584. The highest BCUT2D eigenvalue weighted by Gasteiger charge is 2.56. The fourth-order valence-electron chi connectivity index (χ4n) is 4.33. The van der Waals surface area contributed by atoms with Crippen molar-refractivity contribution in [3.05, 3.63) is 29.0 Å². The van der Waals surface area contributed by atoms with Crippen molar-refractivity contribution in [2.75, 3.05) is 20.2 Å². The lowest BCUT2D eigenvalue weighted by atomic mass is 9.60. The molecule has 0 aliphatic heterocycles. The van der Waals surface area contributed by atoms with E-state index in [2.05, 4.69) is 27.5 Å². The minimum absolute atomic E-state index is 0.313. The van der Waals surface area contributed by atoms with E-state index in [1.54, 1.807) is 0 Å². The predicted molar refractivity (Wildman–Crippen MR) is 102 cm³/mol. The van der Waals surface area contributed by atoms with E-state index in [9.17, 15) is 0 Å². The van der Waals surface area contributed by atoms with Gasteiger partial charge in [0, 0.05) is 37.9 Å². The lowest BCUT2D eigenvalue weighted by Gasteiger charge is -2.54. The van der Waals surface area contributed by atoms with Gasteiger partial charge in [-0.15, -0.1) is 0 Å². The highest BCUT2D eigenvalue weighted by atomic mass is 35.5. The normalized spacial score (nSPS) is 25.0. The van der Waals surface area contributed by atoms with Gasteiger partial charge in [0.05, 0.1) is 6.10 Å². The molecule has 1 spiro atoms. The Hall–Kier alpha value is -1.33. The molecule has 2 aliphatic carbocycles. The first-order valence-electron chi connectivity index (χ1n) is 9.37. The molecule has 0 aromatic carbocycles. The summed E-state index contributed by atoms with van der Waals surface area (Å²) in [7, 11) is 1.83. The molecule has 2 aliphatic rings. The number of nitrogens with zero attached hydrogens (tertiary/aromatic N) is 2. The first-order chi connectivity index (χ1) is 12.2. The third-order valence-electron chi connectivity index (χ3n) is 5.72. The van der Waals surface area contributed by atoms with Crippen LogP contribution in [0.15, 0.2) is 23.3 Å². The Morgan fingerprint density at radius 2 is 2.20 bits per heavy atom. The van der Waals surface area contributed by atoms with Crippen LogP contribution in [0.25, 0.3) is 0 Å². The second-order valence-electron chi connectivity index (χ2n) is 7.06. The predicted octanol–water partition coefficient (Wildman–Crippen LogP) is 3.18. The maximum absolute atomic E-state index is 5.99. The van der Waals surface area contributed by atoms with Gasteiger partial charge in [-0.05, 0) is 44.2 Å². The largest absolute Gasteiger partial charge is 0.378 e. The maximum Gasteiger partial charge on any atom is 0.191 e. The quantitative estimate of drug-likeness (QED) is 0.462. The fourth-order valence-corrected chi connectivity index (χ4v) is 4.44. The molecule has 2 unspecified atom stereocenters. The number of aromatic nitrogens is 1. The number of hydrogen-bond acceptors (Lipinski definition) is 3. The van der Waals surface area contributed by atoms with Crippen LogP contribution in [-0.4, -0.2) is 43.3 Å². The van der Waals surface area contributed by atoms with Gasteiger partial charge < -0.3 is 15.4 Å². The van der Waals surface area contributed by atoms with Crippen LogP contribution in [0.2, 0.25) is 5.15 Å². The summed E-state index contributed by atoms with van der Waals surface area (Å²) >= 11 is 5.83. The Kier molecular flexibility index (Phi) is 6.18. The van der Waals surface area contributed by atoms with Gasteiger partial charge in [-0.1, -0.05) is 30.5 Å². The van der Waals surface area contributed by atoms with Crippen LogP contribution in [0.1, 0.15) is 44.6 Å². The lowest BCUT2D eigenvalue weighted by Crippen LogP contribution is -2.65. The highest BCUT2D eigenvalue weighted by molar-refractivity contribution is 6.29. The molecule has 3 rings (SSSR count). The van der Waals surface area contributed by atoms with Crippen LogP contribution < -0.4 is 10.6 Å². The van der Waals surface area contributed by atoms with Gasteiger partial charge in [0.25, 0.3) is 0 Å². The highest BCUT2D eigenvalue weighted by Crippen LogP contribution is 2.54. The molecule has 138 valence electrons. The number of guanidine groups is 1. The van der Waals surface area contributed by atoms with Crippen molar-refractivity contribution >= 4 is 17.6 Å². The van der Waals surface area contributed by atoms with Crippen LogP contribution in [0.3, 0.4) is 0 Å². The molecule has 2 N–H and O–H groups in total. The minimum atomic E-state index is 0.313. The van der Waals surface area contributed by atoms with Crippen molar-refractivity contribution < 1.29 is 4.74 Å². The SMILES string of the molecule is CCOC1CC(NC(=NC)NCCc2ccc(Cl)nc2)C12CCCC2. The zero-order valence-electron chi connectivity index (χ0n) is 15.2. The van der Waals surface area contributed by atoms with E-state index in [0.29, 0.717) is 22.7 Å². The molecule has 2 atom stereocenters. The second kappa shape index (κ2) is 8.37. The molecule has 1 aromatic heterocycles. The number of pyridine rings is 1. The van der Waals surface area contributed by atoms with Crippen molar-refractivity contribution in [1.82, 2.24) is 15.6 Å². The van der Waals surface area contributed by atoms with Crippen LogP contribution in [0, 0.1) is 5.41 Å². The zero-order valence-corrected chi connectivity index (χ0v) is 16.0. The molecule has 1 aromatic rings. The van der Waals surface area contributed by atoms with Crippen molar-refractivity contribution in [3.8, 4) is 0 Å². The van der Waals surface area contributed by atoms with Gasteiger partial charge in [-0.2, -0.15) is 0 Å². The molecule has 0 saturated heterocycles. The van der Waals surface area contributed by atoms with Gasteiger partial charge >= 0.3 is 0 Å². The van der Waals surface area contributed by atoms with Crippen molar-refractivity contribution in [2.24, 2.45) is 10.4 Å². The Balaban J connectivity index is 1.50. The Morgan fingerprint density at radius 1 is 1.40 bits per heavy atom. The summed E-state index contributed by atoms with van der Waals surface area (Å²) in [6, 6.07) is 4.31. The monoisotopic (exact) mass is 364 g/mol. The number of hydrogen-bond donors (Lipinski definition) is 2. The van der Waals surface area contributed by atoms with E-state index in [1.165, 1.54) is 31.2 Å². The summed E-state index contributed by atoms with van der Waals surface area (Å²) < 4.78 is 5.99. The molecule has 2 saturated carbocycles. The van der Waals surface area contributed by atoms with Crippen LogP contribution in [0.4, 0.5) is 0 Å². The number of nitrogens with one attached hydrogen (secondary N) is 2. The van der Waals surface area contributed by atoms with E-state index in [4.69, 9.17) is 16.3 Å². The van der Waals surface area contributed by atoms with E-state index in [-0.39, 0.29) is 0 Å². The van der Waals surface area contributed by atoms with Crippen molar-refractivity contribution in [3.63, 3.8) is 0 Å². The van der Waals surface area contributed by atoms with Gasteiger partial charge in [-0.25, -0.2) is 4.98 Å². The average Bonchev–Trinajstić information content (AvgIpc) is 3.14. The van der Waals surface area contributed by atoms with E-state index in [0.717, 1.165) is 32.0 Å². The van der Waals surface area contributed by atoms with E-state index < -0.39 is 0 Å². The summed E-state index contributed by atoms with van der Waals surface area (Å²) in [6.45, 7) is 3.72. The number of aliphatic imine (C=N–C) groups is 1. The molecule has 2 fully saturated rings. The Morgan fingerprint density at radius 3 is 2.84 bits per heavy atom. The third-order valence-corrected chi connectivity index (χ3v) is 5.94. The summed E-state index contributed by atoms with van der Waals surface area (Å²) in [5.74, 6) is 0.883. The van der Waals surface area contributed by atoms with Gasteiger partial charge in [0.2, 0.25) is 0 Å². The molecular formula is C19H29ClN4O. The molecule has 5 nitrogen and oxygen atoms in total. The molecule has 0 amide bonds. The summed E-state index contributed by atoms with van der Waals surface area (Å²) in [6.07, 6.45) is 9.38. The molecule has 0 bridgehead atoms. The minimum Gasteiger partial charge on any atom is -0.378 e. The maximum atomic E-state index is 5.99. The summed E-state index contributed by atoms with van der Waals surface area (Å²) in [5.41, 5.74) is 1.48. The van der Waals surface area contributed by atoms with E-state index >= 15 is 0 Å². The first-order valence-corrected chi connectivity index (χ1v) is 9.75. The van der Waals surface area contributed by atoms with Crippen LogP contribution >= 0.6 is 11.6 Å². The Labute approximate surface area is 155 Å². The molecule has 1 heterocycles. The number of ether oxygens (including phenoxy) is 1. The van der Waals surface area contributed by atoms with Gasteiger partial charge in [0.15, 0.2) is 5.96 Å². The number of rotatable bonds is 6. The summed E-state index contributed by atoms with van der Waals surface area (Å²) in [4.78, 5) is 8.52. The molecular weight excluding hydrogens is 336 g/mol.